The summed E-state index contributed by atoms with van der Waals surface area (Å²) in [6.45, 7) is 4.23. The maximum Gasteiger partial charge on any atom is 0.109 e. The summed E-state index contributed by atoms with van der Waals surface area (Å²) in [6.07, 6.45) is 0. The number of halogens is 3. The Kier molecular flexibility index (Phi) is 1.83. The predicted octanol–water partition coefficient (Wildman–Crippen LogP) is 3.21. The molecule has 0 nitrogen and oxygen atoms in total. The van der Waals surface area contributed by atoms with Crippen molar-refractivity contribution in [2.24, 2.45) is 11.3 Å². The number of hydrogen-bond donors (Lipinski definition) is 0. The molecule has 0 N–H and O–H groups in total. The molecule has 54 valence electrons. The SMILES string of the molecule is CC1(C)C(CCl)C1(Cl)Br. The summed E-state index contributed by atoms with van der Waals surface area (Å²) in [5, 5.41) is 0. The minimum Gasteiger partial charge on any atom is -0.126 e. The van der Waals surface area contributed by atoms with E-state index in [0.717, 1.165) is 0 Å². The van der Waals surface area contributed by atoms with Gasteiger partial charge in [0, 0.05) is 17.2 Å². The highest BCUT2D eigenvalue weighted by molar-refractivity contribution is 9.10. The highest BCUT2D eigenvalue weighted by atomic mass is 79.9. The molecule has 0 amide bonds. The largest absolute Gasteiger partial charge is 0.126 e. The Morgan fingerprint density at radius 3 is 1.89 bits per heavy atom. The van der Waals surface area contributed by atoms with Crippen molar-refractivity contribution in [1.29, 1.82) is 0 Å². The lowest BCUT2D eigenvalue weighted by atomic mass is 10.1. The van der Waals surface area contributed by atoms with Crippen molar-refractivity contribution in [2.45, 2.75) is 17.6 Å². The van der Waals surface area contributed by atoms with E-state index in [1.807, 2.05) is 0 Å². The van der Waals surface area contributed by atoms with Crippen molar-refractivity contribution in [3.05, 3.63) is 0 Å². The van der Waals surface area contributed by atoms with Crippen molar-refractivity contribution in [3.63, 3.8) is 0 Å². The number of rotatable bonds is 1. The van der Waals surface area contributed by atoms with Crippen LogP contribution in [0.2, 0.25) is 0 Å². The van der Waals surface area contributed by atoms with Gasteiger partial charge in [0.2, 0.25) is 0 Å². The summed E-state index contributed by atoms with van der Waals surface area (Å²) in [5.74, 6) is 1.05. The van der Waals surface area contributed by atoms with Gasteiger partial charge in [0.05, 0.1) is 0 Å². The quantitative estimate of drug-likeness (QED) is 0.609. The van der Waals surface area contributed by atoms with E-state index in [9.17, 15) is 0 Å². The highest BCUT2D eigenvalue weighted by Gasteiger charge is 2.68. The first-order valence-corrected chi connectivity index (χ1v) is 4.59. The normalized spacial score (nSPS) is 47.0. The summed E-state index contributed by atoms with van der Waals surface area (Å²) < 4.78 is -0.234. The van der Waals surface area contributed by atoms with E-state index >= 15 is 0 Å². The monoisotopic (exact) mass is 230 g/mol. The van der Waals surface area contributed by atoms with E-state index in [2.05, 4.69) is 29.8 Å². The van der Waals surface area contributed by atoms with E-state index in [0.29, 0.717) is 11.8 Å². The van der Waals surface area contributed by atoms with Crippen molar-refractivity contribution >= 4 is 39.1 Å². The van der Waals surface area contributed by atoms with Gasteiger partial charge in [-0.15, -0.1) is 23.2 Å². The molecule has 0 aromatic rings. The molecule has 0 spiro atoms. The Balaban J connectivity index is 2.66. The molecule has 1 saturated carbocycles. The maximum absolute atomic E-state index is 6.03. The average molecular weight is 232 g/mol. The van der Waals surface area contributed by atoms with Crippen LogP contribution in [-0.4, -0.2) is 9.66 Å². The van der Waals surface area contributed by atoms with Crippen LogP contribution in [0.15, 0.2) is 0 Å². The molecular formula is C6H9BrCl2. The molecule has 1 fully saturated rings. The standard InChI is InChI=1S/C6H9BrCl2/c1-5(2)4(3-8)6(5,7)9/h4H,3H2,1-2H3. The van der Waals surface area contributed by atoms with Crippen LogP contribution in [0.3, 0.4) is 0 Å². The average Bonchev–Trinajstić information content (AvgIpc) is 2.00. The van der Waals surface area contributed by atoms with Crippen LogP contribution in [0.25, 0.3) is 0 Å². The highest BCUT2D eigenvalue weighted by Crippen LogP contribution is 2.69. The summed E-state index contributed by atoms with van der Waals surface area (Å²) >= 11 is 15.1. The van der Waals surface area contributed by atoms with Crippen molar-refractivity contribution in [3.8, 4) is 0 Å². The first-order valence-electron chi connectivity index (χ1n) is 2.88. The molecule has 1 rings (SSSR count). The Hall–Kier alpha value is 1.06. The van der Waals surface area contributed by atoms with E-state index in [1.165, 1.54) is 0 Å². The third-order valence-electron chi connectivity index (χ3n) is 2.24. The Morgan fingerprint density at radius 1 is 1.56 bits per heavy atom. The molecule has 0 aromatic heterocycles. The fraction of sp³-hybridized carbons (Fsp3) is 1.00. The second-order valence-corrected chi connectivity index (χ2v) is 5.66. The Bertz CT molecular complexity index is 117. The van der Waals surface area contributed by atoms with Gasteiger partial charge < -0.3 is 0 Å². The number of alkyl halides is 3. The molecule has 3 heteroatoms. The Morgan fingerprint density at radius 2 is 1.89 bits per heavy atom. The van der Waals surface area contributed by atoms with Gasteiger partial charge in [0.25, 0.3) is 0 Å². The third kappa shape index (κ3) is 0.928. The Labute approximate surface area is 74.0 Å². The molecule has 2 unspecified atom stereocenters. The van der Waals surface area contributed by atoms with E-state index < -0.39 is 0 Å². The van der Waals surface area contributed by atoms with Gasteiger partial charge in [-0.25, -0.2) is 0 Å². The van der Waals surface area contributed by atoms with Gasteiger partial charge in [-0.2, -0.15) is 0 Å². The topological polar surface area (TPSA) is 0 Å². The maximum atomic E-state index is 6.03. The van der Waals surface area contributed by atoms with Gasteiger partial charge in [-0.05, 0) is 0 Å². The van der Waals surface area contributed by atoms with Gasteiger partial charge in [-0.1, -0.05) is 29.8 Å². The first kappa shape index (κ1) is 8.16. The van der Waals surface area contributed by atoms with E-state index in [1.54, 1.807) is 0 Å². The van der Waals surface area contributed by atoms with E-state index in [-0.39, 0.29) is 9.20 Å². The van der Waals surface area contributed by atoms with Crippen LogP contribution in [0.5, 0.6) is 0 Å². The van der Waals surface area contributed by atoms with Crippen LogP contribution in [0.4, 0.5) is 0 Å². The first-order chi connectivity index (χ1) is 3.94. The summed E-state index contributed by atoms with van der Waals surface area (Å²) in [7, 11) is 0. The van der Waals surface area contributed by atoms with Crippen LogP contribution in [0.1, 0.15) is 13.8 Å². The van der Waals surface area contributed by atoms with Gasteiger partial charge in [0.1, 0.15) is 3.78 Å². The van der Waals surface area contributed by atoms with Crippen molar-refractivity contribution in [1.82, 2.24) is 0 Å². The third-order valence-corrected chi connectivity index (χ3v) is 4.87. The van der Waals surface area contributed by atoms with Crippen LogP contribution in [-0.2, 0) is 0 Å². The lowest BCUT2D eigenvalue weighted by molar-refractivity contribution is 0.586. The molecule has 1 aliphatic rings. The molecule has 0 aliphatic heterocycles. The minimum atomic E-state index is -0.234. The lowest BCUT2D eigenvalue weighted by Crippen LogP contribution is -1.95. The van der Waals surface area contributed by atoms with Gasteiger partial charge >= 0.3 is 0 Å². The van der Waals surface area contributed by atoms with Crippen molar-refractivity contribution in [2.75, 3.05) is 5.88 Å². The molecule has 0 heterocycles. The zero-order valence-electron chi connectivity index (χ0n) is 5.42. The second kappa shape index (κ2) is 2.02. The zero-order chi connectivity index (χ0) is 7.28. The van der Waals surface area contributed by atoms with Crippen LogP contribution in [0, 0.1) is 11.3 Å². The fourth-order valence-electron chi connectivity index (χ4n) is 1.05. The molecule has 2 atom stereocenters. The summed E-state index contributed by atoms with van der Waals surface area (Å²) in [6, 6.07) is 0. The molecular weight excluding hydrogens is 223 g/mol. The van der Waals surface area contributed by atoms with Crippen LogP contribution < -0.4 is 0 Å². The molecule has 0 radical (unpaired) electrons. The smallest absolute Gasteiger partial charge is 0.109 e. The fourth-order valence-corrected chi connectivity index (χ4v) is 3.25. The van der Waals surface area contributed by atoms with E-state index in [4.69, 9.17) is 23.2 Å². The molecule has 9 heavy (non-hydrogen) atoms. The summed E-state index contributed by atoms with van der Waals surface area (Å²) in [4.78, 5) is 0. The molecule has 0 aromatic carbocycles. The molecule has 0 saturated heterocycles. The number of hydrogen-bond acceptors (Lipinski definition) is 0. The zero-order valence-corrected chi connectivity index (χ0v) is 8.52. The molecule has 1 aliphatic carbocycles. The van der Waals surface area contributed by atoms with Crippen molar-refractivity contribution < 1.29 is 0 Å². The minimum absolute atomic E-state index is 0.163. The molecule has 0 bridgehead atoms. The van der Waals surface area contributed by atoms with Crippen LogP contribution >= 0.6 is 39.1 Å². The second-order valence-electron chi connectivity index (χ2n) is 3.05. The van der Waals surface area contributed by atoms with Gasteiger partial charge in [-0.3, -0.25) is 0 Å². The predicted molar refractivity (Wildman–Crippen MR) is 45.5 cm³/mol. The summed E-state index contributed by atoms with van der Waals surface area (Å²) in [5.41, 5.74) is 0.163. The lowest BCUT2D eigenvalue weighted by Gasteiger charge is -1.99. The van der Waals surface area contributed by atoms with Gasteiger partial charge in [0.15, 0.2) is 0 Å².